The van der Waals surface area contributed by atoms with Crippen LogP contribution in [0, 0.1) is 35.5 Å². The summed E-state index contributed by atoms with van der Waals surface area (Å²) >= 11 is 0. The molecule has 8 heteroatoms. The number of nitrogens with two attached hydrogens (primary N) is 1. The van der Waals surface area contributed by atoms with Crippen molar-refractivity contribution < 1.29 is 4.79 Å². The summed E-state index contributed by atoms with van der Waals surface area (Å²) in [5.41, 5.74) is 11.9. The van der Waals surface area contributed by atoms with E-state index in [1.165, 1.54) is 0 Å². The first-order valence-electron chi connectivity index (χ1n) is 10.1. The zero-order valence-electron chi connectivity index (χ0n) is 17.3. The summed E-state index contributed by atoms with van der Waals surface area (Å²) in [6.07, 6.45) is 11.6. The fourth-order valence-electron chi connectivity index (χ4n) is 4.09. The molecule has 2 aromatic heterocycles. The van der Waals surface area contributed by atoms with E-state index in [-0.39, 0.29) is 17.7 Å². The number of aromatic nitrogens is 3. The Kier molecular flexibility index (Phi) is 4.22. The van der Waals surface area contributed by atoms with E-state index < -0.39 is 5.41 Å². The number of hydrogen-bond donors (Lipinski definition) is 2. The topological polar surface area (TPSA) is 130 Å². The van der Waals surface area contributed by atoms with Crippen molar-refractivity contribution in [3.63, 3.8) is 0 Å². The molecule has 31 heavy (non-hydrogen) atoms. The van der Waals surface area contributed by atoms with Crippen LogP contribution in [0.4, 0.5) is 0 Å². The summed E-state index contributed by atoms with van der Waals surface area (Å²) in [4.78, 5) is 30.0. The van der Waals surface area contributed by atoms with Crippen molar-refractivity contribution in [1.82, 2.24) is 20.3 Å². The Morgan fingerprint density at radius 1 is 1.26 bits per heavy atom. The number of carbonyl (C=O) groups excluding carboxylic acids is 1. The molecule has 3 heterocycles. The van der Waals surface area contributed by atoms with E-state index in [4.69, 9.17) is 11.0 Å². The molecule has 1 aliphatic heterocycles. The number of nitrogens with one attached hydrogen (secondary N) is 1. The third-order valence-corrected chi connectivity index (χ3v) is 6.36. The van der Waals surface area contributed by atoms with Crippen molar-refractivity contribution in [1.29, 1.82) is 5.26 Å². The molecule has 0 bridgehead atoms. The molecule has 1 saturated carbocycles. The summed E-state index contributed by atoms with van der Waals surface area (Å²) in [5, 5.41) is 11.8. The molecular formula is C23H21N7O. The molecule has 3 aliphatic rings. The third-order valence-electron chi connectivity index (χ3n) is 6.36. The highest BCUT2D eigenvalue weighted by Crippen LogP contribution is 2.43. The first kappa shape index (κ1) is 19.1. The largest absolute Gasteiger partial charge is 0.401 e. The van der Waals surface area contributed by atoms with Crippen LogP contribution >= 0.6 is 0 Å². The van der Waals surface area contributed by atoms with Gasteiger partial charge in [-0.15, -0.1) is 0 Å². The normalized spacial score (nSPS) is 26.6. The zero-order valence-corrected chi connectivity index (χ0v) is 17.3. The molecule has 2 aromatic rings. The maximum absolute atomic E-state index is 12.4. The highest BCUT2D eigenvalue weighted by molar-refractivity contribution is 6.07. The number of aliphatic imine (C=N–C) groups is 1. The average molecular weight is 411 g/mol. The van der Waals surface area contributed by atoms with Gasteiger partial charge < -0.3 is 11.1 Å². The van der Waals surface area contributed by atoms with E-state index in [0.717, 1.165) is 27.8 Å². The van der Waals surface area contributed by atoms with Gasteiger partial charge in [0.25, 0.3) is 0 Å². The van der Waals surface area contributed by atoms with E-state index in [1.54, 1.807) is 18.6 Å². The molecule has 2 aliphatic carbocycles. The van der Waals surface area contributed by atoms with E-state index in [9.17, 15) is 4.79 Å². The van der Waals surface area contributed by atoms with Gasteiger partial charge in [-0.05, 0) is 55.2 Å². The predicted molar refractivity (Wildman–Crippen MR) is 116 cm³/mol. The standard InChI is InChI=1S/C23H21N7O/c1-12-17(10-28-21-20(12)26-3-4-27-21)13-5-15-8-19(29-11-23(15,2)18(25)7-13)30-22(31)16-6-14(16)9-24/h3-5,7-8,10,14,16H,6,11,25H2,1-2H3,(H,29,30,31)/t14-,16+,23?/m0/s1. The molecule has 3 atom stereocenters. The maximum Gasteiger partial charge on any atom is 0.230 e. The summed E-state index contributed by atoms with van der Waals surface area (Å²) in [6.45, 7) is 4.48. The highest BCUT2D eigenvalue weighted by Gasteiger charge is 2.44. The van der Waals surface area contributed by atoms with Crippen LogP contribution in [0.1, 0.15) is 24.5 Å². The fourth-order valence-corrected chi connectivity index (χ4v) is 4.09. The van der Waals surface area contributed by atoms with Crippen LogP contribution in [-0.4, -0.2) is 33.2 Å². The van der Waals surface area contributed by atoms with Crippen LogP contribution in [0.5, 0.6) is 0 Å². The molecule has 1 fully saturated rings. The van der Waals surface area contributed by atoms with E-state index in [2.05, 4.69) is 37.4 Å². The summed E-state index contributed by atoms with van der Waals surface area (Å²) < 4.78 is 0. The first-order valence-corrected chi connectivity index (χ1v) is 10.1. The van der Waals surface area contributed by atoms with Gasteiger partial charge >= 0.3 is 0 Å². The molecule has 0 aromatic carbocycles. The van der Waals surface area contributed by atoms with Crippen LogP contribution in [0.25, 0.3) is 16.7 Å². The van der Waals surface area contributed by atoms with Gasteiger partial charge in [0, 0.05) is 29.9 Å². The second-order valence-electron chi connectivity index (χ2n) is 8.43. The number of pyridine rings is 1. The molecule has 5 rings (SSSR count). The van der Waals surface area contributed by atoms with Gasteiger partial charge in [0.2, 0.25) is 5.91 Å². The molecule has 3 N–H and O–H groups in total. The first-order chi connectivity index (χ1) is 14.9. The van der Waals surface area contributed by atoms with E-state index in [0.29, 0.717) is 30.1 Å². The van der Waals surface area contributed by atoms with Crippen molar-refractivity contribution in [2.75, 3.05) is 6.54 Å². The Labute approximate surface area is 179 Å². The van der Waals surface area contributed by atoms with Crippen molar-refractivity contribution in [2.24, 2.45) is 28.0 Å². The van der Waals surface area contributed by atoms with Crippen LogP contribution in [0.3, 0.4) is 0 Å². The molecular weight excluding hydrogens is 390 g/mol. The monoisotopic (exact) mass is 411 g/mol. The number of amidine groups is 1. The van der Waals surface area contributed by atoms with E-state index in [1.807, 2.05) is 26.0 Å². The second-order valence-corrected chi connectivity index (χ2v) is 8.43. The fraction of sp³-hybridized carbons (Fsp3) is 0.304. The molecule has 154 valence electrons. The number of fused-ring (bicyclic) bond motifs is 2. The number of nitrogens with zero attached hydrogens (tertiary/aromatic N) is 5. The lowest BCUT2D eigenvalue weighted by Gasteiger charge is -2.36. The van der Waals surface area contributed by atoms with Crippen LogP contribution in [0.15, 0.2) is 53.1 Å². The van der Waals surface area contributed by atoms with Crippen LogP contribution in [0.2, 0.25) is 0 Å². The smallest absolute Gasteiger partial charge is 0.230 e. The van der Waals surface area contributed by atoms with Gasteiger partial charge in [0.1, 0.15) is 11.4 Å². The van der Waals surface area contributed by atoms with Crippen LogP contribution < -0.4 is 11.1 Å². The van der Waals surface area contributed by atoms with Crippen molar-refractivity contribution in [2.45, 2.75) is 20.3 Å². The number of amides is 1. The van der Waals surface area contributed by atoms with Crippen LogP contribution in [-0.2, 0) is 4.79 Å². The minimum absolute atomic E-state index is 0.151. The molecule has 1 amide bonds. The quantitative estimate of drug-likeness (QED) is 0.779. The lowest BCUT2D eigenvalue weighted by molar-refractivity contribution is -0.121. The van der Waals surface area contributed by atoms with Crippen molar-refractivity contribution >= 4 is 28.5 Å². The predicted octanol–water partition coefficient (Wildman–Crippen LogP) is 2.19. The summed E-state index contributed by atoms with van der Waals surface area (Å²) in [6, 6.07) is 2.14. The number of aryl methyl sites for hydroxylation is 1. The Hall–Kier alpha value is -3.86. The number of allylic oxidation sites excluding steroid dienone is 3. The Balaban J connectivity index is 1.50. The van der Waals surface area contributed by atoms with Gasteiger partial charge in [-0.1, -0.05) is 0 Å². The minimum atomic E-state index is -0.440. The molecule has 1 unspecified atom stereocenters. The number of carbonyl (C=O) groups is 1. The zero-order chi connectivity index (χ0) is 21.8. The van der Waals surface area contributed by atoms with Gasteiger partial charge in [0.05, 0.1) is 29.9 Å². The molecule has 0 radical (unpaired) electrons. The Morgan fingerprint density at radius 2 is 2.06 bits per heavy atom. The minimum Gasteiger partial charge on any atom is -0.401 e. The number of dihydropyridines is 1. The highest BCUT2D eigenvalue weighted by atomic mass is 16.2. The van der Waals surface area contributed by atoms with Crippen molar-refractivity contribution in [3.05, 3.63) is 59.2 Å². The number of hydrogen-bond acceptors (Lipinski definition) is 7. The second kappa shape index (κ2) is 6.84. The lowest BCUT2D eigenvalue weighted by atomic mass is 9.72. The van der Waals surface area contributed by atoms with Crippen molar-refractivity contribution in [3.8, 4) is 6.07 Å². The lowest BCUT2D eigenvalue weighted by Crippen LogP contribution is -2.39. The summed E-state index contributed by atoms with van der Waals surface area (Å²) in [5.74, 6) is -0.0735. The maximum atomic E-state index is 12.4. The molecule has 0 saturated heterocycles. The summed E-state index contributed by atoms with van der Waals surface area (Å²) in [7, 11) is 0. The van der Waals surface area contributed by atoms with Gasteiger partial charge in [0.15, 0.2) is 5.65 Å². The third kappa shape index (κ3) is 3.10. The molecule has 8 nitrogen and oxygen atoms in total. The van der Waals surface area contributed by atoms with E-state index >= 15 is 0 Å². The van der Waals surface area contributed by atoms with Gasteiger partial charge in [-0.2, -0.15) is 5.26 Å². The number of nitriles is 1. The Morgan fingerprint density at radius 3 is 2.84 bits per heavy atom. The molecule has 0 spiro atoms. The Bertz CT molecular complexity index is 1300. The average Bonchev–Trinajstić information content (AvgIpc) is 3.56. The SMILES string of the molecule is Cc1c(C2=CC3=CC(NC(=O)[C@@H]4C[C@H]4C#N)=NCC3(C)C(N)=C2)cnc2nccnc12. The number of rotatable bonds is 2. The van der Waals surface area contributed by atoms with Gasteiger partial charge in [-0.3, -0.25) is 14.8 Å². The van der Waals surface area contributed by atoms with Gasteiger partial charge in [-0.25, -0.2) is 9.97 Å².